The number of carbonyl (C=O) groups is 2. The first kappa shape index (κ1) is 29.7. The summed E-state index contributed by atoms with van der Waals surface area (Å²) < 4.78 is 32.5. The van der Waals surface area contributed by atoms with E-state index in [1.54, 1.807) is 31.2 Å². The molecule has 8 nitrogen and oxygen atoms in total. The number of aryl methyl sites for hydroxylation is 1. The minimum absolute atomic E-state index is 0.176. The summed E-state index contributed by atoms with van der Waals surface area (Å²) >= 11 is 0. The molecule has 0 unspecified atom stereocenters. The molecule has 0 spiro atoms. The van der Waals surface area contributed by atoms with Gasteiger partial charge in [0.1, 0.15) is 24.1 Å². The lowest BCUT2D eigenvalue weighted by Gasteiger charge is -2.32. The molecule has 3 aromatic rings. The summed E-state index contributed by atoms with van der Waals surface area (Å²) in [4.78, 5) is 28.1. The number of amides is 2. The zero-order chi connectivity index (χ0) is 28.4. The second-order valence-corrected chi connectivity index (χ2v) is 11.4. The van der Waals surface area contributed by atoms with Gasteiger partial charge >= 0.3 is 0 Å². The van der Waals surface area contributed by atoms with Gasteiger partial charge < -0.3 is 15.0 Å². The first-order chi connectivity index (χ1) is 18.6. The van der Waals surface area contributed by atoms with Crippen LogP contribution in [0.4, 0.5) is 5.69 Å². The number of rotatable bonds is 13. The molecule has 1 N–H and O–H groups in total. The van der Waals surface area contributed by atoms with E-state index in [0.29, 0.717) is 23.7 Å². The maximum absolute atomic E-state index is 13.7. The van der Waals surface area contributed by atoms with E-state index in [-0.39, 0.29) is 12.5 Å². The Morgan fingerprint density at radius 2 is 1.54 bits per heavy atom. The van der Waals surface area contributed by atoms with E-state index in [0.717, 1.165) is 34.5 Å². The van der Waals surface area contributed by atoms with E-state index in [1.165, 1.54) is 4.90 Å². The van der Waals surface area contributed by atoms with Gasteiger partial charge in [-0.05, 0) is 67.8 Å². The van der Waals surface area contributed by atoms with Crippen LogP contribution >= 0.6 is 0 Å². The zero-order valence-electron chi connectivity index (χ0n) is 23.0. The van der Waals surface area contributed by atoms with Crippen molar-refractivity contribution in [3.63, 3.8) is 0 Å². The van der Waals surface area contributed by atoms with E-state index in [4.69, 9.17) is 4.74 Å². The molecule has 0 fully saturated rings. The lowest BCUT2D eigenvalue weighted by Crippen LogP contribution is -2.51. The molecular weight excluding hydrogens is 514 g/mol. The van der Waals surface area contributed by atoms with E-state index < -0.39 is 28.5 Å². The van der Waals surface area contributed by atoms with Crippen LogP contribution in [0.3, 0.4) is 0 Å². The molecule has 0 aliphatic rings. The smallest absolute Gasteiger partial charge is 0.244 e. The van der Waals surface area contributed by atoms with Crippen molar-refractivity contribution < 1.29 is 22.7 Å². The van der Waals surface area contributed by atoms with Gasteiger partial charge in [-0.15, -0.1) is 0 Å². The monoisotopic (exact) mass is 551 g/mol. The molecule has 3 rings (SSSR count). The Bertz CT molecular complexity index is 1340. The van der Waals surface area contributed by atoms with Gasteiger partial charge in [-0.3, -0.25) is 13.9 Å². The van der Waals surface area contributed by atoms with Crippen molar-refractivity contribution in [1.82, 2.24) is 10.2 Å². The molecular formula is C30H37N3O5S. The fraction of sp³-hybridized carbons (Fsp3) is 0.333. The standard InChI is InChI=1S/C30H37N3O5S/c1-5-6-20-31-30(35)24(3)32(21-25-13-11-10-12-23(25)2)29(34)22-33(39(4,36)37)26-16-18-28(19-17-26)38-27-14-8-7-9-15-27/h7-19,24H,5-6,20-22H2,1-4H3,(H,31,35)/t24-/m0/s1. The van der Waals surface area contributed by atoms with E-state index in [9.17, 15) is 18.0 Å². The summed E-state index contributed by atoms with van der Waals surface area (Å²) in [5.41, 5.74) is 2.18. The molecule has 9 heteroatoms. The van der Waals surface area contributed by atoms with Gasteiger partial charge in [-0.2, -0.15) is 0 Å². The SMILES string of the molecule is CCCCNC(=O)[C@H](C)N(Cc1ccccc1C)C(=O)CN(c1ccc(Oc2ccccc2)cc1)S(C)(=O)=O. The lowest BCUT2D eigenvalue weighted by atomic mass is 10.1. The number of benzene rings is 3. The Hall–Kier alpha value is -3.85. The van der Waals surface area contributed by atoms with Crippen molar-refractivity contribution in [2.24, 2.45) is 0 Å². The van der Waals surface area contributed by atoms with Crippen LogP contribution in [0.15, 0.2) is 78.9 Å². The molecule has 2 amide bonds. The molecule has 0 aliphatic carbocycles. The third kappa shape index (κ3) is 8.58. The minimum atomic E-state index is -3.82. The predicted octanol–water partition coefficient (Wildman–Crippen LogP) is 4.89. The Morgan fingerprint density at radius 1 is 0.923 bits per heavy atom. The molecule has 3 aromatic carbocycles. The lowest BCUT2D eigenvalue weighted by molar-refractivity contribution is -0.139. The number of unbranched alkanes of at least 4 members (excludes halogenated alkanes) is 1. The normalized spacial score (nSPS) is 11.9. The van der Waals surface area contributed by atoms with E-state index >= 15 is 0 Å². The number of nitrogens with zero attached hydrogens (tertiary/aromatic N) is 2. The topological polar surface area (TPSA) is 96.0 Å². The van der Waals surface area contributed by atoms with Crippen LogP contribution in [0.25, 0.3) is 0 Å². The third-order valence-corrected chi connectivity index (χ3v) is 7.52. The van der Waals surface area contributed by atoms with Crippen LogP contribution < -0.4 is 14.4 Å². The second kappa shape index (κ2) is 13.8. The largest absolute Gasteiger partial charge is 0.457 e. The molecule has 1 atom stereocenters. The maximum atomic E-state index is 13.7. The summed E-state index contributed by atoms with van der Waals surface area (Å²) in [6.07, 6.45) is 2.82. The highest BCUT2D eigenvalue weighted by Gasteiger charge is 2.30. The van der Waals surface area contributed by atoms with Crippen LogP contribution in [0.5, 0.6) is 11.5 Å². The number of carbonyl (C=O) groups excluding carboxylic acids is 2. The van der Waals surface area contributed by atoms with Gasteiger partial charge in [-0.25, -0.2) is 8.42 Å². The Morgan fingerprint density at radius 3 is 2.15 bits per heavy atom. The average Bonchev–Trinajstić information content (AvgIpc) is 2.91. The highest BCUT2D eigenvalue weighted by atomic mass is 32.2. The van der Waals surface area contributed by atoms with Crippen LogP contribution in [0, 0.1) is 6.92 Å². The summed E-state index contributed by atoms with van der Waals surface area (Å²) in [6, 6.07) is 22.5. The van der Waals surface area contributed by atoms with Crippen LogP contribution in [-0.4, -0.2) is 50.5 Å². The summed E-state index contributed by atoms with van der Waals surface area (Å²) in [5.74, 6) is 0.423. The van der Waals surface area contributed by atoms with Crippen molar-refractivity contribution in [3.05, 3.63) is 90.0 Å². The van der Waals surface area contributed by atoms with Crippen molar-refractivity contribution in [1.29, 1.82) is 0 Å². The number of hydrogen-bond donors (Lipinski definition) is 1. The van der Waals surface area contributed by atoms with Gasteiger partial charge in [0.25, 0.3) is 0 Å². The van der Waals surface area contributed by atoms with Crippen molar-refractivity contribution in [2.45, 2.75) is 46.2 Å². The molecule has 0 saturated carbocycles. The Labute approximate surface area is 231 Å². The van der Waals surface area contributed by atoms with Crippen molar-refractivity contribution >= 4 is 27.5 Å². The number of para-hydroxylation sites is 1. The fourth-order valence-electron chi connectivity index (χ4n) is 4.01. The minimum Gasteiger partial charge on any atom is -0.457 e. The quantitative estimate of drug-likeness (QED) is 0.305. The van der Waals surface area contributed by atoms with Crippen LogP contribution in [0.2, 0.25) is 0 Å². The summed E-state index contributed by atoms with van der Waals surface area (Å²) in [6.45, 7) is 5.87. The van der Waals surface area contributed by atoms with Gasteiger partial charge in [-0.1, -0.05) is 55.8 Å². The number of ether oxygens (including phenoxy) is 1. The van der Waals surface area contributed by atoms with E-state index in [1.807, 2.05) is 68.4 Å². The van der Waals surface area contributed by atoms with Crippen molar-refractivity contribution in [3.8, 4) is 11.5 Å². The summed E-state index contributed by atoms with van der Waals surface area (Å²) in [7, 11) is -3.82. The summed E-state index contributed by atoms with van der Waals surface area (Å²) in [5, 5.41) is 2.88. The number of anilines is 1. The van der Waals surface area contributed by atoms with Gasteiger partial charge in [0, 0.05) is 13.1 Å². The number of nitrogens with one attached hydrogen (secondary N) is 1. The molecule has 39 heavy (non-hydrogen) atoms. The first-order valence-corrected chi connectivity index (χ1v) is 14.9. The molecule has 0 heterocycles. The fourth-order valence-corrected chi connectivity index (χ4v) is 4.86. The molecule has 0 bridgehead atoms. The van der Waals surface area contributed by atoms with Gasteiger partial charge in [0.2, 0.25) is 21.8 Å². The third-order valence-electron chi connectivity index (χ3n) is 6.38. The maximum Gasteiger partial charge on any atom is 0.244 e. The average molecular weight is 552 g/mol. The van der Waals surface area contributed by atoms with Crippen molar-refractivity contribution in [2.75, 3.05) is 23.7 Å². The predicted molar refractivity (Wildman–Crippen MR) is 154 cm³/mol. The molecule has 0 aromatic heterocycles. The molecule has 208 valence electrons. The number of hydrogen-bond acceptors (Lipinski definition) is 5. The Balaban J connectivity index is 1.85. The molecule has 0 saturated heterocycles. The molecule has 0 aliphatic heterocycles. The van der Waals surface area contributed by atoms with Crippen LogP contribution in [0.1, 0.15) is 37.8 Å². The van der Waals surface area contributed by atoms with Crippen LogP contribution in [-0.2, 0) is 26.2 Å². The molecule has 0 radical (unpaired) electrons. The van der Waals surface area contributed by atoms with Gasteiger partial charge in [0.15, 0.2) is 0 Å². The zero-order valence-corrected chi connectivity index (χ0v) is 23.8. The highest BCUT2D eigenvalue weighted by Crippen LogP contribution is 2.26. The van der Waals surface area contributed by atoms with Gasteiger partial charge in [0.05, 0.1) is 11.9 Å². The first-order valence-electron chi connectivity index (χ1n) is 13.0. The second-order valence-electron chi connectivity index (χ2n) is 9.45. The van der Waals surface area contributed by atoms with E-state index in [2.05, 4.69) is 5.32 Å². The highest BCUT2D eigenvalue weighted by molar-refractivity contribution is 7.92. The Kier molecular flexibility index (Phi) is 10.5. The number of sulfonamides is 1.